The number of benzene rings is 2. The molecular formula is C40H68N4O2+2. The second kappa shape index (κ2) is 22.0. The van der Waals surface area contributed by atoms with E-state index in [1.807, 2.05) is 48.5 Å². The van der Waals surface area contributed by atoms with E-state index in [-0.39, 0.29) is 11.8 Å². The maximum Gasteiger partial charge on any atom is 0.251 e. The summed E-state index contributed by atoms with van der Waals surface area (Å²) in [6.45, 7) is 10.4. The van der Waals surface area contributed by atoms with Crippen molar-refractivity contribution in [1.29, 1.82) is 0 Å². The van der Waals surface area contributed by atoms with Crippen LogP contribution in [0.4, 0.5) is 0 Å². The van der Waals surface area contributed by atoms with Crippen LogP contribution in [0, 0.1) is 0 Å². The number of hydrogen-bond acceptors (Lipinski definition) is 2. The van der Waals surface area contributed by atoms with Gasteiger partial charge in [0.1, 0.15) is 0 Å². The molecule has 0 atom stereocenters. The van der Waals surface area contributed by atoms with E-state index < -0.39 is 0 Å². The summed E-state index contributed by atoms with van der Waals surface area (Å²) in [6, 6.07) is 15.5. The first-order valence-electron chi connectivity index (χ1n) is 18.5. The minimum absolute atomic E-state index is 0.0237. The van der Waals surface area contributed by atoms with Crippen LogP contribution in [0.15, 0.2) is 48.5 Å². The fourth-order valence-corrected chi connectivity index (χ4v) is 6.11. The average Bonchev–Trinajstić information content (AvgIpc) is 3.04. The van der Waals surface area contributed by atoms with Crippen LogP contribution in [0.5, 0.6) is 0 Å². The fourth-order valence-electron chi connectivity index (χ4n) is 6.11. The first-order chi connectivity index (χ1) is 22.1. The van der Waals surface area contributed by atoms with Crippen LogP contribution < -0.4 is 10.6 Å². The summed E-state index contributed by atoms with van der Waals surface area (Å²) in [5, 5.41) is 6.19. The average molecular weight is 637 g/mol. The lowest BCUT2D eigenvalue weighted by molar-refractivity contribution is -0.890. The Morgan fingerprint density at radius 3 is 1.11 bits per heavy atom. The molecule has 258 valence electrons. The molecule has 6 nitrogen and oxygen atoms in total. The third-order valence-corrected chi connectivity index (χ3v) is 9.31. The van der Waals surface area contributed by atoms with Crippen LogP contribution in [0.3, 0.4) is 0 Å². The molecule has 0 heterocycles. The molecule has 0 radical (unpaired) electrons. The topological polar surface area (TPSA) is 58.2 Å². The molecule has 0 spiro atoms. The molecule has 2 aromatic rings. The molecule has 0 aliphatic rings. The summed E-state index contributed by atoms with van der Waals surface area (Å²) >= 11 is 0. The second-order valence-electron chi connectivity index (χ2n) is 14.7. The number of nitrogens with zero attached hydrogens (tertiary/aromatic N) is 2. The van der Waals surface area contributed by atoms with Crippen LogP contribution in [-0.2, 0) is 0 Å². The third-order valence-electron chi connectivity index (χ3n) is 9.31. The van der Waals surface area contributed by atoms with Gasteiger partial charge < -0.3 is 19.6 Å². The van der Waals surface area contributed by atoms with Gasteiger partial charge >= 0.3 is 0 Å². The van der Waals surface area contributed by atoms with Gasteiger partial charge in [-0.15, -0.1) is 0 Å². The molecular weight excluding hydrogens is 568 g/mol. The largest absolute Gasteiger partial charge is 0.352 e. The molecule has 0 bridgehead atoms. The summed E-state index contributed by atoms with van der Waals surface area (Å²) in [7, 11) is 9.19. The minimum atomic E-state index is -0.0237. The van der Waals surface area contributed by atoms with Gasteiger partial charge in [0.2, 0.25) is 0 Å². The van der Waals surface area contributed by atoms with Gasteiger partial charge in [-0.3, -0.25) is 9.59 Å². The van der Waals surface area contributed by atoms with Gasteiger partial charge in [-0.2, -0.15) is 0 Å². The van der Waals surface area contributed by atoms with E-state index in [2.05, 4.69) is 52.7 Å². The molecule has 2 aromatic carbocycles. The Morgan fingerprint density at radius 2 is 0.761 bits per heavy atom. The summed E-state index contributed by atoms with van der Waals surface area (Å²) in [4.78, 5) is 25.5. The van der Waals surface area contributed by atoms with Crippen molar-refractivity contribution in [3.8, 4) is 11.1 Å². The summed E-state index contributed by atoms with van der Waals surface area (Å²) < 4.78 is 2.02. The molecule has 0 aliphatic carbocycles. The summed E-state index contributed by atoms with van der Waals surface area (Å²) in [5.74, 6) is -0.0474. The molecule has 0 saturated carbocycles. The number of nitrogens with one attached hydrogen (secondary N) is 2. The Bertz CT molecular complexity index is 1020. The smallest absolute Gasteiger partial charge is 0.251 e. The zero-order chi connectivity index (χ0) is 33.7. The Balaban J connectivity index is 1.68. The number of hydrogen-bond donors (Lipinski definition) is 2. The van der Waals surface area contributed by atoms with Crippen molar-refractivity contribution in [2.45, 2.75) is 104 Å². The normalized spacial score (nSPS) is 11.9. The van der Waals surface area contributed by atoms with Crippen molar-refractivity contribution in [2.75, 3.05) is 67.5 Å². The van der Waals surface area contributed by atoms with Gasteiger partial charge in [0.05, 0.1) is 54.4 Å². The third kappa shape index (κ3) is 16.7. The summed E-state index contributed by atoms with van der Waals surface area (Å²) in [5.41, 5.74) is 3.41. The van der Waals surface area contributed by atoms with Crippen molar-refractivity contribution < 1.29 is 18.6 Å². The van der Waals surface area contributed by atoms with Crippen LogP contribution in [0.2, 0.25) is 0 Å². The Morgan fingerprint density at radius 1 is 0.457 bits per heavy atom. The first-order valence-corrected chi connectivity index (χ1v) is 18.5. The predicted octanol–water partition coefficient (Wildman–Crippen LogP) is 8.47. The standard InChI is InChI=1S/C40H66N4O2/c1-7-9-11-13-15-17-31-43(3,4)33-19-29-41-39(45)37-25-21-35(22-26-37)36-23-27-38(28-24-36)40(46)42-30-20-34-44(5,6)32-18-16-14-12-10-8-2/h21-28H,7-20,29-34H2,1-6H3/p+2. The first kappa shape index (κ1) is 39.5. The monoisotopic (exact) mass is 637 g/mol. The van der Waals surface area contributed by atoms with Gasteiger partial charge in [0, 0.05) is 37.1 Å². The van der Waals surface area contributed by atoms with Crippen LogP contribution in [-0.4, -0.2) is 88.2 Å². The number of carbonyl (C=O) groups is 2. The fraction of sp³-hybridized carbons (Fsp3) is 0.650. The zero-order valence-corrected chi connectivity index (χ0v) is 30.5. The maximum atomic E-state index is 12.7. The lowest BCUT2D eigenvalue weighted by Gasteiger charge is -2.30. The molecule has 0 saturated heterocycles. The Labute approximate surface area is 282 Å². The molecule has 2 amide bonds. The van der Waals surface area contributed by atoms with Crippen LogP contribution >= 0.6 is 0 Å². The van der Waals surface area contributed by atoms with Crippen molar-refractivity contribution in [3.63, 3.8) is 0 Å². The van der Waals surface area contributed by atoms with Crippen LogP contribution in [0.1, 0.15) is 124 Å². The van der Waals surface area contributed by atoms with E-state index in [1.54, 1.807) is 0 Å². The predicted molar refractivity (Wildman–Crippen MR) is 196 cm³/mol. The van der Waals surface area contributed by atoms with Crippen molar-refractivity contribution in [3.05, 3.63) is 59.7 Å². The van der Waals surface area contributed by atoms with Gasteiger partial charge in [0.25, 0.3) is 11.8 Å². The molecule has 0 aliphatic heterocycles. The van der Waals surface area contributed by atoms with Gasteiger partial charge in [-0.1, -0.05) is 89.5 Å². The van der Waals surface area contributed by atoms with Gasteiger partial charge in [-0.25, -0.2) is 0 Å². The second-order valence-corrected chi connectivity index (χ2v) is 14.7. The highest BCUT2D eigenvalue weighted by atomic mass is 16.2. The molecule has 0 unspecified atom stereocenters. The van der Waals surface area contributed by atoms with Crippen molar-refractivity contribution in [1.82, 2.24) is 10.6 Å². The molecule has 6 heteroatoms. The summed E-state index contributed by atoms with van der Waals surface area (Å²) in [6.07, 6.45) is 17.9. The van der Waals surface area contributed by atoms with Crippen LogP contribution in [0.25, 0.3) is 11.1 Å². The number of quaternary nitrogens is 2. The van der Waals surface area contributed by atoms with Crippen molar-refractivity contribution >= 4 is 11.8 Å². The highest BCUT2D eigenvalue weighted by Gasteiger charge is 2.16. The maximum absolute atomic E-state index is 12.7. The van der Waals surface area contributed by atoms with E-state index in [4.69, 9.17) is 0 Å². The Kier molecular flexibility index (Phi) is 18.9. The lowest BCUT2D eigenvalue weighted by Crippen LogP contribution is -2.42. The molecule has 2 rings (SSSR count). The number of amides is 2. The highest BCUT2D eigenvalue weighted by Crippen LogP contribution is 2.21. The van der Waals surface area contributed by atoms with E-state index in [0.717, 1.165) is 46.0 Å². The minimum Gasteiger partial charge on any atom is -0.352 e. The Hall–Kier alpha value is -2.70. The number of carbonyl (C=O) groups excluding carboxylic acids is 2. The van der Waals surface area contributed by atoms with Gasteiger partial charge in [0.15, 0.2) is 0 Å². The number of rotatable bonds is 25. The molecule has 0 aromatic heterocycles. The van der Waals surface area contributed by atoms with E-state index in [1.165, 1.54) is 90.1 Å². The quantitative estimate of drug-likeness (QED) is 0.0849. The van der Waals surface area contributed by atoms with Gasteiger partial charge in [-0.05, 0) is 61.1 Å². The SMILES string of the molecule is CCCCCCCC[N+](C)(C)CCCNC(=O)c1ccc(-c2ccc(C(=O)NCCC[N+](C)(C)CCCCCCCC)cc2)cc1. The molecule has 2 N–H and O–H groups in total. The highest BCUT2D eigenvalue weighted by molar-refractivity contribution is 5.95. The van der Waals surface area contributed by atoms with Crippen molar-refractivity contribution in [2.24, 2.45) is 0 Å². The van der Waals surface area contributed by atoms with E-state index in [9.17, 15) is 9.59 Å². The number of unbranched alkanes of at least 4 members (excludes halogenated alkanes) is 10. The van der Waals surface area contributed by atoms with E-state index in [0.29, 0.717) is 24.2 Å². The lowest BCUT2D eigenvalue weighted by atomic mass is 10.0. The molecule has 0 fully saturated rings. The molecule has 46 heavy (non-hydrogen) atoms. The van der Waals surface area contributed by atoms with E-state index >= 15 is 0 Å². The zero-order valence-electron chi connectivity index (χ0n) is 30.5.